The van der Waals surface area contributed by atoms with Gasteiger partial charge in [-0.05, 0) is 37.1 Å². The minimum atomic E-state index is 0.456. The van der Waals surface area contributed by atoms with E-state index in [-0.39, 0.29) is 0 Å². The van der Waals surface area contributed by atoms with E-state index >= 15 is 0 Å². The highest BCUT2D eigenvalue weighted by Gasteiger charge is 2.13. The smallest absolute Gasteiger partial charge is 0.161 e. The molecule has 0 fully saturated rings. The van der Waals surface area contributed by atoms with Crippen molar-refractivity contribution in [1.29, 1.82) is 5.26 Å². The van der Waals surface area contributed by atoms with Gasteiger partial charge in [0, 0.05) is 11.4 Å². The van der Waals surface area contributed by atoms with E-state index in [1.807, 2.05) is 24.3 Å². The SMILES string of the molecule is CCC1CCSC(Nc2ccc(C#N)cc2)=N1. The van der Waals surface area contributed by atoms with E-state index in [2.05, 4.69) is 23.3 Å². The first kappa shape index (κ1) is 12.0. The maximum atomic E-state index is 8.72. The molecule has 1 aliphatic heterocycles. The molecule has 3 nitrogen and oxygen atoms in total. The summed E-state index contributed by atoms with van der Waals surface area (Å²) in [6, 6.07) is 10.0. The molecule has 17 heavy (non-hydrogen) atoms. The number of anilines is 1. The molecule has 2 rings (SSSR count). The van der Waals surface area contributed by atoms with E-state index in [9.17, 15) is 0 Å². The number of rotatable bonds is 2. The van der Waals surface area contributed by atoms with E-state index in [0.717, 1.165) is 23.0 Å². The standard InChI is InChI=1S/C13H15N3S/c1-2-11-7-8-17-13(15-11)16-12-5-3-10(9-14)4-6-12/h3-6,11H,2,7-8H2,1H3,(H,15,16). The van der Waals surface area contributed by atoms with E-state index in [1.54, 1.807) is 11.8 Å². The lowest BCUT2D eigenvalue weighted by atomic mass is 10.2. The third-order valence-corrected chi connectivity index (χ3v) is 3.65. The summed E-state index contributed by atoms with van der Waals surface area (Å²) in [7, 11) is 0. The van der Waals surface area contributed by atoms with Crippen molar-refractivity contribution in [2.24, 2.45) is 4.99 Å². The zero-order chi connectivity index (χ0) is 12.1. The highest BCUT2D eigenvalue weighted by atomic mass is 32.2. The Kier molecular flexibility index (Phi) is 4.05. The Balaban J connectivity index is 2.05. The monoisotopic (exact) mass is 245 g/mol. The van der Waals surface area contributed by atoms with Gasteiger partial charge in [-0.15, -0.1) is 0 Å². The maximum absolute atomic E-state index is 8.72. The first-order valence-electron chi connectivity index (χ1n) is 5.79. The van der Waals surface area contributed by atoms with Gasteiger partial charge < -0.3 is 5.32 Å². The van der Waals surface area contributed by atoms with Crippen molar-refractivity contribution in [2.45, 2.75) is 25.8 Å². The second-order valence-electron chi connectivity index (χ2n) is 3.95. The molecule has 1 unspecified atom stereocenters. The van der Waals surface area contributed by atoms with Crippen LogP contribution in [0, 0.1) is 11.3 Å². The molecule has 0 aliphatic carbocycles. The number of amidine groups is 1. The lowest BCUT2D eigenvalue weighted by Gasteiger charge is -2.19. The molecule has 0 spiro atoms. The van der Waals surface area contributed by atoms with Crippen LogP contribution < -0.4 is 5.32 Å². The second kappa shape index (κ2) is 5.74. The van der Waals surface area contributed by atoms with Gasteiger partial charge in [-0.3, -0.25) is 4.99 Å². The highest BCUT2D eigenvalue weighted by Crippen LogP contribution is 2.21. The van der Waals surface area contributed by atoms with Crippen LogP contribution in [0.15, 0.2) is 29.3 Å². The fourth-order valence-corrected chi connectivity index (χ4v) is 2.67. The highest BCUT2D eigenvalue weighted by molar-refractivity contribution is 8.14. The summed E-state index contributed by atoms with van der Waals surface area (Å²) in [5, 5.41) is 13.0. The molecule has 0 amide bonds. The molecule has 0 bridgehead atoms. The first-order chi connectivity index (χ1) is 8.31. The van der Waals surface area contributed by atoms with Crippen LogP contribution in [-0.4, -0.2) is 17.0 Å². The summed E-state index contributed by atoms with van der Waals surface area (Å²) in [5.74, 6) is 1.13. The summed E-state index contributed by atoms with van der Waals surface area (Å²) >= 11 is 1.76. The topological polar surface area (TPSA) is 48.2 Å². The Labute approximate surface area is 106 Å². The molecule has 4 heteroatoms. The number of benzene rings is 1. The van der Waals surface area contributed by atoms with Crippen LogP contribution in [0.3, 0.4) is 0 Å². The average Bonchev–Trinajstić information content (AvgIpc) is 2.40. The van der Waals surface area contributed by atoms with Crippen molar-refractivity contribution in [3.05, 3.63) is 29.8 Å². The predicted molar refractivity (Wildman–Crippen MR) is 73.4 cm³/mol. The molecule has 1 heterocycles. The van der Waals surface area contributed by atoms with Crippen molar-refractivity contribution in [3.63, 3.8) is 0 Å². The largest absolute Gasteiger partial charge is 0.335 e. The summed E-state index contributed by atoms with van der Waals surface area (Å²) in [4.78, 5) is 4.64. The minimum Gasteiger partial charge on any atom is -0.335 e. The van der Waals surface area contributed by atoms with Gasteiger partial charge in [0.15, 0.2) is 5.17 Å². The molecule has 1 atom stereocenters. The molecule has 1 N–H and O–H groups in total. The Bertz CT molecular complexity index is 445. The van der Waals surface area contributed by atoms with E-state index in [1.165, 1.54) is 6.42 Å². The minimum absolute atomic E-state index is 0.456. The number of nitrogens with zero attached hydrogens (tertiary/aromatic N) is 2. The van der Waals surface area contributed by atoms with Crippen molar-refractivity contribution in [1.82, 2.24) is 0 Å². The molecule has 0 saturated carbocycles. The van der Waals surface area contributed by atoms with Gasteiger partial charge >= 0.3 is 0 Å². The number of thioether (sulfide) groups is 1. The van der Waals surface area contributed by atoms with E-state index in [0.29, 0.717) is 11.6 Å². The number of hydrogen-bond donors (Lipinski definition) is 1. The zero-order valence-electron chi connectivity index (χ0n) is 9.81. The second-order valence-corrected chi connectivity index (χ2v) is 5.03. The van der Waals surface area contributed by atoms with Crippen molar-refractivity contribution < 1.29 is 0 Å². The van der Waals surface area contributed by atoms with Crippen LogP contribution in [0.25, 0.3) is 0 Å². The Morgan fingerprint density at radius 3 is 2.88 bits per heavy atom. The van der Waals surface area contributed by atoms with Crippen LogP contribution >= 0.6 is 11.8 Å². The summed E-state index contributed by atoms with van der Waals surface area (Å²) in [6.07, 6.45) is 2.26. The Morgan fingerprint density at radius 2 is 2.24 bits per heavy atom. The normalized spacial score (nSPS) is 19.3. The molecule has 1 aromatic carbocycles. The fourth-order valence-electron chi connectivity index (χ4n) is 1.67. The number of nitrogens with one attached hydrogen (secondary N) is 1. The van der Waals surface area contributed by atoms with Gasteiger partial charge in [0.05, 0.1) is 17.7 Å². The van der Waals surface area contributed by atoms with Crippen LogP contribution in [0.5, 0.6) is 0 Å². The Morgan fingerprint density at radius 1 is 1.47 bits per heavy atom. The number of aliphatic imine (C=N–C) groups is 1. The molecular weight excluding hydrogens is 230 g/mol. The molecule has 0 saturated heterocycles. The van der Waals surface area contributed by atoms with Crippen molar-refractivity contribution in [3.8, 4) is 6.07 Å². The number of hydrogen-bond acceptors (Lipinski definition) is 4. The molecule has 0 radical (unpaired) electrons. The summed E-state index contributed by atoms with van der Waals surface area (Å²) in [5.41, 5.74) is 1.67. The van der Waals surface area contributed by atoms with Gasteiger partial charge in [-0.2, -0.15) is 5.26 Å². The van der Waals surface area contributed by atoms with Crippen molar-refractivity contribution in [2.75, 3.05) is 11.1 Å². The summed E-state index contributed by atoms with van der Waals surface area (Å²) < 4.78 is 0. The van der Waals surface area contributed by atoms with Gasteiger partial charge in [0.1, 0.15) is 0 Å². The van der Waals surface area contributed by atoms with Crippen LogP contribution in [0.4, 0.5) is 5.69 Å². The van der Waals surface area contributed by atoms with Gasteiger partial charge in [-0.25, -0.2) is 0 Å². The first-order valence-corrected chi connectivity index (χ1v) is 6.78. The lowest BCUT2D eigenvalue weighted by Crippen LogP contribution is -2.19. The molecule has 88 valence electrons. The van der Waals surface area contributed by atoms with E-state index in [4.69, 9.17) is 5.26 Å². The number of nitriles is 1. The van der Waals surface area contributed by atoms with Gasteiger partial charge in [-0.1, -0.05) is 18.7 Å². The Hall–Kier alpha value is -1.47. The molecule has 0 aromatic heterocycles. The third kappa shape index (κ3) is 3.24. The average molecular weight is 245 g/mol. The maximum Gasteiger partial charge on any atom is 0.161 e. The fraction of sp³-hybridized carbons (Fsp3) is 0.385. The van der Waals surface area contributed by atoms with Crippen LogP contribution in [0.1, 0.15) is 25.3 Å². The molecule has 1 aromatic rings. The lowest BCUT2D eigenvalue weighted by molar-refractivity contribution is 0.634. The molecular formula is C13H15N3S. The van der Waals surface area contributed by atoms with Crippen LogP contribution in [-0.2, 0) is 0 Å². The molecule has 1 aliphatic rings. The van der Waals surface area contributed by atoms with Crippen molar-refractivity contribution >= 4 is 22.6 Å². The zero-order valence-corrected chi connectivity index (χ0v) is 10.6. The van der Waals surface area contributed by atoms with Gasteiger partial charge in [0.25, 0.3) is 0 Å². The van der Waals surface area contributed by atoms with E-state index < -0.39 is 0 Å². The van der Waals surface area contributed by atoms with Crippen LogP contribution in [0.2, 0.25) is 0 Å². The summed E-state index contributed by atoms with van der Waals surface area (Å²) in [6.45, 7) is 2.17. The predicted octanol–water partition coefficient (Wildman–Crippen LogP) is 3.24. The quantitative estimate of drug-likeness (QED) is 0.870. The third-order valence-electron chi connectivity index (χ3n) is 2.73. The van der Waals surface area contributed by atoms with Gasteiger partial charge in [0.2, 0.25) is 0 Å².